The molecule has 0 amide bonds. The number of nitrogens with zero attached hydrogens (tertiary/aromatic N) is 1. The highest BCUT2D eigenvalue weighted by Gasteiger charge is 2.22. The van der Waals surface area contributed by atoms with Crippen LogP contribution in [0, 0.1) is 0 Å². The smallest absolute Gasteiger partial charge is 0.306 e. The zero-order chi connectivity index (χ0) is 53.5. The van der Waals surface area contributed by atoms with Crippen molar-refractivity contribution in [3.05, 3.63) is 48.6 Å². The van der Waals surface area contributed by atoms with Gasteiger partial charge in [-0.3, -0.25) is 14.2 Å². The Labute approximate surface area is 452 Å². The normalized spacial score (nSPS) is 13.6. The van der Waals surface area contributed by atoms with E-state index >= 15 is 0 Å². The highest BCUT2D eigenvalue weighted by molar-refractivity contribution is 7.45. The Morgan fingerprint density at radius 2 is 0.753 bits per heavy atom. The number of hydrogen-bond acceptors (Lipinski definition) is 8. The minimum atomic E-state index is -4.64. The molecule has 9 nitrogen and oxygen atoms in total. The van der Waals surface area contributed by atoms with Crippen molar-refractivity contribution >= 4 is 19.8 Å². The first kappa shape index (κ1) is 71.0. The van der Waals surface area contributed by atoms with Crippen molar-refractivity contribution in [2.45, 2.75) is 296 Å². The van der Waals surface area contributed by atoms with Crippen molar-refractivity contribution in [1.29, 1.82) is 0 Å². The third kappa shape index (κ3) is 59.1. The van der Waals surface area contributed by atoms with Gasteiger partial charge in [-0.05, 0) is 70.6 Å². The molecule has 0 saturated heterocycles. The molecule has 0 spiro atoms. The molecular weight excluding hydrogens is 930 g/mol. The van der Waals surface area contributed by atoms with Gasteiger partial charge in [0, 0.05) is 12.8 Å². The fraction of sp³-hybridized carbons (Fsp3) is 0.841. The minimum absolute atomic E-state index is 0.0323. The summed E-state index contributed by atoms with van der Waals surface area (Å²) in [5, 5.41) is 0. The summed E-state index contributed by atoms with van der Waals surface area (Å²) in [6, 6.07) is 0. The van der Waals surface area contributed by atoms with Crippen LogP contribution < -0.4 is 4.89 Å². The molecule has 73 heavy (non-hydrogen) atoms. The largest absolute Gasteiger partial charge is 0.756 e. The molecule has 0 radical (unpaired) electrons. The number of rotatable bonds is 57. The Bertz CT molecular complexity index is 1370. The van der Waals surface area contributed by atoms with Crippen LogP contribution in [0.15, 0.2) is 48.6 Å². The average molecular weight is 1050 g/mol. The second kappa shape index (κ2) is 54.7. The van der Waals surface area contributed by atoms with Crippen LogP contribution in [0.25, 0.3) is 0 Å². The zero-order valence-corrected chi connectivity index (χ0v) is 49.5. The van der Waals surface area contributed by atoms with Gasteiger partial charge in [0.15, 0.2) is 6.10 Å². The summed E-state index contributed by atoms with van der Waals surface area (Å²) in [6.07, 6.45) is 69.0. The van der Waals surface area contributed by atoms with Crippen molar-refractivity contribution in [1.82, 2.24) is 0 Å². The van der Waals surface area contributed by atoms with E-state index in [1.54, 1.807) is 0 Å². The molecule has 2 unspecified atom stereocenters. The van der Waals surface area contributed by atoms with E-state index in [1.807, 2.05) is 21.1 Å². The lowest BCUT2D eigenvalue weighted by molar-refractivity contribution is -0.870. The van der Waals surface area contributed by atoms with Gasteiger partial charge < -0.3 is 27.9 Å². The van der Waals surface area contributed by atoms with Gasteiger partial charge in [-0.15, -0.1) is 0 Å². The first-order valence-corrected chi connectivity index (χ1v) is 32.3. The second-order valence-electron chi connectivity index (χ2n) is 22.1. The van der Waals surface area contributed by atoms with Crippen LogP contribution in [0.5, 0.6) is 0 Å². The summed E-state index contributed by atoms with van der Waals surface area (Å²) < 4.78 is 34.1. The van der Waals surface area contributed by atoms with Gasteiger partial charge in [0.1, 0.15) is 19.8 Å². The third-order valence-electron chi connectivity index (χ3n) is 13.6. The molecule has 2 atom stereocenters. The molecule has 0 aliphatic rings. The standard InChI is InChI=1S/C63H118NO8P/c1-6-8-10-12-14-16-18-20-22-23-24-25-26-27-28-29-30-31-32-33-34-35-36-37-38-39-40-41-42-44-46-48-50-52-54-56-63(66)72-61(60-71-73(67,68)70-58-57-64(3,4)5)59-69-62(65)55-53-51-49-47-45-43-21-19-17-15-13-11-9-7-2/h13,15,18-21,23-24,61H,6-12,14,16-17,22,25-60H2,1-5H3/b15-13-,20-18-,21-19-,24-23-. The summed E-state index contributed by atoms with van der Waals surface area (Å²) in [6.45, 7) is 4.20. The zero-order valence-electron chi connectivity index (χ0n) is 48.6. The van der Waals surface area contributed by atoms with Crippen LogP contribution in [0.4, 0.5) is 0 Å². The summed E-state index contributed by atoms with van der Waals surface area (Å²) in [5.41, 5.74) is 0. The summed E-state index contributed by atoms with van der Waals surface area (Å²) in [4.78, 5) is 37.8. The highest BCUT2D eigenvalue weighted by atomic mass is 31.2. The first-order chi connectivity index (χ1) is 35.5. The highest BCUT2D eigenvalue weighted by Crippen LogP contribution is 2.38. The summed E-state index contributed by atoms with van der Waals surface area (Å²) in [7, 11) is 1.17. The SMILES string of the molecule is CCCC/C=C\C/C=C\CCCCCCCC(=O)OCC(COP(=O)([O-])OCC[N+](C)(C)C)OC(=O)CCCCCCCCCCCCCCCCCCCCCCCCC/C=C\C/C=C\CCCCCCC. The van der Waals surface area contributed by atoms with Crippen molar-refractivity contribution in [3.63, 3.8) is 0 Å². The van der Waals surface area contributed by atoms with E-state index in [2.05, 4.69) is 62.5 Å². The third-order valence-corrected chi connectivity index (χ3v) is 14.5. The maximum atomic E-state index is 12.8. The van der Waals surface area contributed by atoms with Crippen LogP contribution in [-0.2, 0) is 32.7 Å². The van der Waals surface area contributed by atoms with Crippen LogP contribution in [-0.4, -0.2) is 70.0 Å². The number of likely N-dealkylation sites (N-methyl/N-ethyl adjacent to an activating group) is 1. The predicted octanol–water partition coefficient (Wildman–Crippen LogP) is 18.7. The van der Waals surface area contributed by atoms with E-state index in [-0.39, 0.29) is 26.1 Å². The average Bonchev–Trinajstić information content (AvgIpc) is 3.35. The number of esters is 2. The van der Waals surface area contributed by atoms with E-state index in [0.717, 1.165) is 64.2 Å². The van der Waals surface area contributed by atoms with Gasteiger partial charge >= 0.3 is 11.9 Å². The van der Waals surface area contributed by atoms with Crippen molar-refractivity contribution in [3.8, 4) is 0 Å². The molecule has 0 aliphatic carbocycles. The monoisotopic (exact) mass is 1050 g/mol. The lowest BCUT2D eigenvalue weighted by Crippen LogP contribution is -2.37. The molecule has 0 aromatic carbocycles. The molecule has 0 aromatic rings. The maximum absolute atomic E-state index is 12.8. The van der Waals surface area contributed by atoms with Crippen LogP contribution in [0.1, 0.15) is 290 Å². The van der Waals surface area contributed by atoms with Crippen LogP contribution in [0.3, 0.4) is 0 Å². The molecule has 0 rings (SSSR count). The van der Waals surface area contributed by atoms with E-state index < -0.39 is 32.5 Å². The van der Waals surface area contributed by atoms with Crippen LogP contribution >= 0.6 is 7.82 Å². The number of carbonyl (C=O) groups is 2. The van der Waals surface area contributed by atoms with E-state index in [0.29, 0.717) is 23.9 Å². The van der Waals surface area contributed by atoms with Gasteiger partial charge in [0.2, 0.25) is 0 Å². The second-order valence-corrected chi connectivity index (χ2v) is 23.5. The number of allylic oxidation sites excluding steroid dienone is 8. The number of hydrogen-bond donors (Lipinski definition) is 0. The van der Waals surface area contributed by atoms with Gasteiger partial charge in [0.25, 0.3) is 7.82 Å². The maximum Gasteiger partial charge on any atom is 0.306 e. The fourth-order valence-electron chi connectivity index (χ4n) is 8.76. The Morgan fingerprint density at radius 1 is 0.425 bits per heavy atom. The molecule has 0 aromatic heterocycles. The van der Waals surface area contributed by atoms with Gasteiger partial charge in [0.05, 0.1) is 27.7 Å². The number of carbonyl (C=O) groups excluding carboxylic acids is 2. The van der Waals surface area contributed by atoms with Gasteiger partial charge in [-0.2, -0.15) is 0 Å². The van der Waals surface area contributed by atoms with Crippen molar-refractivity contribution in [2.75, 3.05) is 47.5 Å². The first-order valence-electron chi connectivity index (χ1n) is 30.8. The molecular formula is C63H118NO8P. The Kier molecular flexibility index (Phi) is 53.2. The summed E-state index contributed by atoms with van der Waals surface area (Å²) >= 11 is 0. The van der Waals surface area contributed by atoms with Gasteiger partial charge in [-0.1, -0.05) is 255 Å². The number of ether oxygens (including phenoxy) is 2. The molecule has 0 aliphatic heterocycles. The molecule has 0 N–H and O–H groups in total. The molecule has 0 fully saturated rings. The molecule has 10 heteroatoms. The Balaban J connectivity index is 3.96. The van der Waals surface area contributed by atoms with E-state index in [1.165, 1.54) is 186 Å². The van der Waals surface area contributed by atoms with E-state index in [4.69, 9.17) is 18.5 Å². The number of quaternary nitrogens is 1. The number of phosphoric acid groups is 1. The number of unbranched alkanes of at least 4 members (excludes halogenated alkanes) is 35. The fourth-order valence-corrected chi connectivity index (χ4v) is 9.49. The Hall–Kier alpha value is -2.03. The molecule has 428 valence electrons. The van der Waals surface area contributed by atoms with Gasteiger partial charge in [-0.25, -0.2) is 0 Å². The lowest BCUT2D eigenvalue weighted by atomic mass is 10.0. The Morgan fingerprint density at radius 3 is 1.12 bits per heavy atom. The minimum Gasteiger partial charge on any atom is -0.756 e. The van der Waals surface area contributed by atoms with Crippen molar-refractivity contribution in [2.24, 2.45) is 0 Å². The lowest BCUT2D eigenvalue weighted by Gasteiger charge is -2.28. The molecule has 0 heterocycles. The van der Waals surface area contributed by atoms with Crippen molar-refractivity contribution < 1.29 is 42.1 Å². The summed E-state index contributed by atoms with van der Waals surface area (Å²) in [5.74, 6) is -0.840. The molecule has 0 bridgehead atoms. The number of phosphoric ester groups is 1. The quantitative estimate of drug-likeness (QED) is 0.0195. The molecule has 0 saturated carbocycles. The predicted molar refractivity (Wildman–Crippen MR) is 310 cm³/mol. The van der Waals surface area contributed by atoms with E-state index in [9.17, 15) is 19.0 Å². The topological polar surface area (TPSA) is 111 Å². The van der Waals surface area contributed by atoms with Crippen LogP contribution in [0.2, 0.25) is 0 Å².